The molecule has 0 N–H and O–H groups in total. The van der Waals surface area contributed by atoms with Crippen LogP contribution >= 0.6 is 0 Å². The minimum atomic E-state index is -2.82. The van der Waals surface area contributed by atoms with E-state index in [0.29, 0.717) is 0 Å². The van der Waals surface area contributed by atoms with Crippen LogP contribution in [0.5, 0.6) is 0 Å². The monoisotopic (exact) mass is 692 g/mol. The van der Waals surface area contributed by atoms with Gasteiger partial charge in [0, 0.05) is 12.7 Å². The minimum Gasteiger partial charge on any atom is -0.418 e. The van der Waals surface area contributed by atoms with Crippen LogP contribution < -0.4 is 0 Å². The summed E-state index contributed by atoms with van der Waals surface area (Å²) in [5.74, 6) is 0. The van der Waals surface area contributed by atoms with Crippen LogP contribution in [0, 0.1) is 0 Å². The molecule has 260 valence electrons. The zero-order valence-corrected chi connectivity index (χ0v) is 36.7. The summed E-state index contributed by atoms with van der Waals surface area (Å²) in [7, 11) is -9.89. The molecule has 0 bridgehead atoms. The van der Waals surface area contributed by atoms with E-state index in [0.717, 1.165) is 12.7 Å². The molecule has 0 heterocycles. The maximum absolute atomic E-state index is 7.62. The van der Waals surface area contributed by atoms with Crippen molar-refractivity contribution in [2.24, 2.45) is 0 Å². The normalized spacial score (nSPS) is 13.7. The molecule has 0 aromatic carbocycles. The quantitative estimate of drug-likeness (QED) is 0.0554. The second-order valence-corrected chi connectivity index (χ2v) is 36.0. The fourth-order valence-corrected chi connectivity index (χ4v) is 30.0. The van der Waals surface area contributed by atoms with Crippen LogP contribution in [-0.2, 0) is 16.8 Å². The van der Waals surface area contributed by atoms with Gasteiger partial charge in [0.2, 0.25) is 0 Å². The van der Waals surface area contributed by atoms with Crippen molar-refractivity contribution in [1.29, 1.82) is 0 Å². The van der Waals surface area contributed by atoms with Crippen molar-refractivity contribution in [2.45, 2.75) is 213 Å². The Morgan fingerprint density at radius 2 is 0.605 bits per heavy atom. The van der Waals surface area contributed by atoms with Gasteiger partial charge < -0.3 is 16.8 Å². The number of unbranched alkanes of at least 4 members (excludes halogenated alkanes) is 9. The predicted octanol–water partition coefficient (Wildman–Crippen LogP) is 13.1. The van der Waals surface area contributed by atoms with E-state index in [-0.39, 0.29) is 0 Å². The molecule has 0 fully saturated rings. The van der Waals surface area contributed by atoms with Crippen molar-refractivity contribution in [1.82, 2.24) is 0 Å². The molecule has 0 unspecified atom stereocenters. The molecule has 0 aromatic rings. The molecule has 0 spiro atoms. The van der Waals surface area contributed by atoms with Gasteiger partial charge in [0.15, 0.2) is 33.3 Å². The molecule has 0 saturated heterocycles. The molecule has 0 aliphatic carbocycles. The molecule has 0 aromatic heterocycles. The van der Waals surface area contributed by atoms with Gasteiger partial charge in [-0.05, 0) is 86.9 Å². The molecule has 4 nitrogen and oxygen atoms in total. The van der Waals surface area contributed by atoms with Crippen LogP contribution in [0.1, 0.15) is 133 Å². The summed E-state index contributed by atoms with van der Waals surface area (Å²) in [6, 6.07) is 12.9. The topological polar surface area (TPSA) is 36.9 Å². The predicted molar refractivity (Wildman–Crippen MR) is 205 cm³/mol. The Bertz CT molecular complexity index is 587. The zero-order valence-electron chi connectivity index (χ0n) is 31.7. The fourth-order valence-electron chi connectivity index (χ4n) is 6.87. The average molecular weight is 693 g/mol. The van der Waals surface area contributed by atoms with E-state index in [1.165, 1.54) is 125 Å². The first-order valence-corrected chi connectivity index (χ1v) is 31.8. The van der Waals surface area contributed by atoms with E-state index in [1.807, 2.05) is 0 Å². The van der Waals surface area contributed by atoms with Crippen molar-refractivity contribution in [3.05, 3.63) is 0 Å². The Morgan fingerprint density at radius 1 is 0.349 bits per heavy atom. The van der Waals surface area contributed by atoms with Gasteiger partial charge in [-0.3, -0.25) is 0 Å². The summed E-state index contributed by atoms with van der Waals surface area (Å²) in [6.07, 6.45) is 13.5. The highest BCUT2D eigenvalue weighted by atomic mass is 28.5. The van der Waals surface area contributed by atoms with Gasteiger partial charge in [-0.15, -0.1) is 0 Å². The molecule has 0 rings (SSSR count). The Balaban J connectivity index is 5.38. The third-order valence-corrected chi connectivity index (χ3v) is 35.1. The Morgan fingerprint density at radius 3 is 0.860 bits per heavy atom. The summed E-state index contributed by atoms with van der Waals surface area (Å²) in [5, 5.41) is 0. The first-order valence-electron chi connectivity index (χ1n) is 19.2. The highest BCUT2D eigenvalue weighted by Crippen LogP contribution is 2.39. The van der Waals surface area contributed by atoms with Crippen LogP contribution in [0.2, 0.25) is 79.6 Å². The van der Waals surface area contributed by atoms with E-state index in [9.17, 15) is 0 Å². The summed E-state index contributed by atoms with van der Waals surface area (Å²) in [5.41, 5.74) is 0. The summed E-state index contributed by atoms with van der Waals surface area (Å²) in [6.45, 7) is 29.1. The van der Waals surface area contributed by atoms with Crippen LogP contribution in [0.3, 0.4) is 0 Å². The molecule has 0 atom stereocenters. The van der Waals surface area contributed by atoms with Crippen LogP contribution in [0.25, 0.3) is 0 Å². The second kappa shape index (κ2) is 23.3. The lowest BCUT2D eigenvalue weighted by molar-refractivity contribution is 0.237. The number of hydrogen-bond acceptors (Lipinski definition) is 4. The third kappa shape index (κ3) is 16.1. The Labute approximate surface area is 277 Å². The lowest BCUT2D eigenvalue weighted by Gasteiger charge is -2.48. The van der Waals surface area contributed by atoms with Crippen molar-refractivity contribution in [2.75, 3.05) is 6.61 Å². The first kappa shape index (κ1) is 43.9. The van der Waals surface area contributed by atoms with Crippen molar-refractivity contribution >= 4 is 42.1 Å². The van der Waals surface area contributed by atoms with E-state index in [2.05, 4.69) is 82.3 Å². The van der Waals surface area contributed by atoms with Crippen molar-refractivity contribution < 1.29 is 16.8 Å². The summed E-state index contributed by atoms with van der Waals surface area (Å²) in [4.78, 5) is 0. The summed E-state index contributed by atoms with van der Waals surface area (Å²) >= 11 is 0. The van der Waals surface area contributed by atoms with Crippen LogP contribution in [0.4, 0.5) is 0 Å². The van der Waals surface area contributed by atoms with Gasteiger partial charge in [0.25, 0.3) is 0 Å². The van der Waals surface area contributed by atoms with Crippen molar-refractivity contribution in [3.8, 4) is 0 Å². The maximum atomic E-state index is 7.62. The molecule has 0 amide bonds. The highest BCUT2D eigenvalue weighted by Gasteiger charge is 2.54. The number of hydrogen-bond donors (Lipinski definition) is 0. The van der Waals surface area contributed by atoms with Gasteiger partial charge in [-0.2, -0.15) is 0 Å². The molecule has 43 heavy (non-hydrogen) atoms. The first-order chi connectivity index (χ1) is 20.4. The highest BCUT2D eigenvalue weighted by molar-refractivity contribution is 6.92. The molecular formula is C34H80O4Si5. The molecule has 0 saturated carbocycles. The lowest BCUT2D eigenvalue weighted by Crippen LogP contribution is -2.64. The van der Waals surface area contributed by atoms with E-state index in [4.69, 9.17) is 16.8 Å². The summed E-state index contributed by atoms with van der Waals surface area (Å²) < 4.78 is 28.8. The van der Waals surface area contributed by atoms with Gasteiger partial charge in [-0.1, -0.05) is 120 Å². The van der Waals surface area contributed by atoms with Gasteiger partial charge in [0.05, 0.1) is 0 Å². The average Bonchev–Trinajstić information content (AvgIpc) is 3.02. The van der Waals surface area contributed by atoms with Gasteiger partial charge in [-0.25, -0.2) is 0 Å². The molecule has 9 heteroatoms. The number of rotatable bonds is 30. The van der Waals surface area contributed by atoms with Crippen LogP contribution in [-0.4, -0.2) is 48.7 Å². The molecule has 0 radical (unpaired) electrons. The second-order valence-electron chi connectivity index (χ2n) is 13.9. The van der Waals surface area contributed by atoms with E-state index in [1.54, 1.807) is 0 Å². The SMILES string of the molecule is CCO[Si](C)(C)CCCCCCCCCCCC[Si](O[Si](CC)(CC)CC)(O[Si](CC)(CC)CC)O[Si](CC)(CC)CC. The molecular weight excluding hydrogens is 613 g/mol. The minimum absolute atomic E-state index is 0.881. The van der Waals surface area contributed by atoms with E-state index >= 15 is 0 Å². The van der Waals surface area contributed by atoms with Gasteiger partial charge in [0.1, 0.15) is 0 Å². The third-order valence-electron chi connectivity index (χ3n) is 11.0. The van der Waals surface area contributed by atoms with Crippen molar-refractivity contribution in [3.63, 3.8) is 0 Å². The largest absolute Gasteiger partial charge is 0.469 e. The fraction of sp³-hybridized carbons (Fsp3) is 1.00. The molecule has 0 aliphatic heterocycles. The zero-order chi connectivity index (χ0) is 32.9. The maximum Gasteiger partial charge on any atom is 0.469 e. The molecule has 0 aliphatic rings. The lowest BCUT2D eigenvalue weighted by atomic mass is 10.1. The van der Waals surface area contributed by atoms with Gasteiger partial charge >= 0.3 is 8.80 Å². The van der Waals surface area contributed by atoms with E-state index < -0.39 is 42.1 Å². The smallest absolute Gasteiger partial charge is 0.418 e. The van der Waals surface area contributed by atoms with Crippen LogP contribution in [0.15, 0.2) is 0 Å². The standard InChI is InChI=1S/C34H80O4Si5/c1-13-35-39(11,12)33-31-29-27-25-23-24-26-28-30-32-34-43(36-40(14-2,15-3)16-4,37-41(17-5,18-6)19-7)38-42(20-8,21-9)22-10/h13-34H2,1-12H3. The Hall–Kier alpha value is 0.924. The Kier molecular flexibility index (Phi) is 23.8.